The van der Waals surface area contributed by atoms with E-state index >= 15 is 0 Å². The Kier molecular flexibility index (Phi) is 8.89. The maximum Gasteiger partial charge on any atom is 0.422 e. The number of halogens is 6. The molecule has 1 aromatic heterocycles. The molecule has 0 unspecified atom stereocenters. The van der Waals surface area contributed by atoms with Crippen molar-refractivity contribution in [3.8, 4) is 17.1 Å². The summed E-state index contributed by atoms with van der Waals surface area (Å²) in [7, 11) is -3.20. The normalized spacial score (nSPS) is 12.2. The van der Waals surface area contributed by atoms with Crippen molar-refractivity contribution in [3.63, 3.8) is 0 Å². The van der Waals surface area contributed by atoms with Gasteiger partial charge in [0, 0.05) is 18.5 Å². The Labute approximate surface area is 236 Å². The van der Waals surface area contributed by atoms with Gasteiger partial charge in [0.05, 0.1) is 11.3 Å². The van der Waals surface area contributed by atoms with E-state index in [-0.39, 0.29) is 29.9 Å². The standard InChI is InChI=1S/C27H23F6N5O3S/c1-42(39,40)15-18-4-2-5-20(12-18)19-10-8-17(9-11-19)14-34-23-36-24(38-25(37-23)41-16-26(28,29)30)35-22-7-3-6-21(13-22)27(31,32)33/h2-13H,14-16H2,1H3,(H2,34,35,36,37,38). The van der Waals surface area contributed by atoms with Crippen molar-refractivity contribution >= 4 is 27.4 Å². The highest BCUT2D eigenvalue weighted by Gasteiger charge is 2.31. The highest BCUT2D eigenvalue weighted by atomic mass is 32.2. The lowest BCUT2D eigenvalue weighted by atomic mass is 10.0. The van der Waals surface area contributed by atoms with Crippen LogP contribution in [0.25, 0.3) is 11.1 Å². The number of nitrogens with zero attached hydrogens (tertiary/aromatic N) is 3. The van der Waals surface area contributed by atoms with Crippen LogP contribution in [0.15, 0.2) is 72.8 Å². The Hall–Kier alpha value is -4.40. The van der Waals surface area contributed by atoms with Crippen molar-refractivity contribution in [2.75, 3.05) is 23.5 Å². The van der Waals surface area contributed by atoms with Gasteiger partial charge < -0.3 is 15.4 Å². The fourth-order valence-electron chi connectivity index (χ4n) is 3.74. The summed E-state index contributed by atoms with van der Waals surface area (Å²) in [4.78, 5) is 11.6. The maximum atomic E-state index is 13.1. The molecule has 0 aliphatic heterocycles. The molecule has 8 nitrogen and oxygen atoms in total. The minimum absolute atomic E-state index is 0.0556. The summed E-state index contributed by atoms with van der Waals surface area (Å²) < 4.78 is 105. The molecule has 15 heteroatoms. The van der Waals surface area contributed by atoms with Gasteiger partial charge >= 0.3 is 18.4 Å². The zero-order chi connectivity index (χ0) is 30.5. The van der Waals surface area contributed by atoms with Crippen LogP contribution in [-0.2, 0) is 28.3 Å². The van der Waals surface area contributed by atoms with Gasteiger partial charge in [-0.1, -0.05) is 54.6 Å². The van der Waals surface area contributed by atoms with Crippen LogP contribution in [0.2, 0.25) is 0 Å². The number of ether oxygens (including phenoxy) is 1. The van der Waals surface area contributed by atoms with E-state index in [1.807, 2.05) is 18.2 Å². The monoisotopic (exact) mass is 611 g/mol. The Morgan fingerprint density at radius 3 is 2.14 bits per heavy atom. The Morgan fingerprint density at radius 1 is 0.786 bits per heavy atom. The second-order valence-corrected chi connectivity index (χ2v) is 11.3. The molecule has 42 heavy (non-hydrogen) atoms. The van der Waals surface area contributed by atoms with E-state index in [1.54, 1.807) is 30.3 Å². The number of rotatable bonds is 10. The number of sulfone groups is 1. The van der Waals surface area contributed by atoms with Crippen molar-refractivity contribution in [2.45, 2.75) is 24.7 Å². The summed E-state index contributed by atoms with van der Waals surface area (Å²) >= 11 is 0. The topological polar surface area (TPSA) is 106 Å². The molecule has 4 aromatic rings. The van der Waals surface area contributed by atoms with Crippen LogP contribution in [-0.4, -0.2) is 42.4 Å². The summed E-state index contributed by atoms with van der Waals surface area (Å²) in [6.07, 6.45) is -8.14. The Morgan fingerprint density at radius 2 is 1.48 bits per heavy atom. The predicted molar refractivity (Wildman–Crippen MR) is 144 cm³/mol. The Balaban J connectivity index is 1.51. The first-order valence-corrected chi connectivity index (χ1v) is 14.2. The van der Waals surface area contributed by atoms with Gasteiger partial charge in [0.1, 0.15) is 0 Å². The molecule has 0 fully saturated rings. The van der Waals surface area contributed by atoms with Crippen LogP contribution < -0.4 is 15.4 Å². The van der Waals surface area contributed by atoms with Crippen molar-refractivity contribution in [1.29, 1.82) is 0 Å². The van der Waals surface area contributed by atoms with Crippen molar-refractivity contribution in [2.24, 2.45) is 0 Å². The first-order chi connectivity index (χ1) is 19.6. The van der Waals surface area contributed by atoms with Gasteiger partial charge in [-0.3, -0.25) is 0 Å². The molecule has 0 saturated heterocycles. The predicted octanol–water partition coefficient (Wildman–Crippen LogP) is 6.40. The maximum absolute atomic E-state index is 13.1. The summed E-state index contributed by atoms with van der Waals surface area (Å²) in [6, 6.07) is 17.7. The zero-order valence-corrected chi connectivity index (χ0v) is 22.6. The zero-order valence-electron chi connectivity index (χ0n) is 21.8. The van der Waals surface area contributed by atoms with Gasteiger partial charge in [-0.2, -0.15) is 41.3 Å². The molecule has 0 amide bonds. The van der Waals surface area contributed by atoms with E-state index in [0.717, 1.165) is 41.1 Å². The summed E-state index contributed by atoms with van der Waals surface area (Å²) in [6.45, 7) is -1.56. The molecule has 0 spiro atoms. The summed E-state index contributed by atoms with van der Waals surface area (Å²) in [5, 5.41) is 5.38. The average molecular weight is 612 g/mol. The molecule has 222 valence electrons. The number of anilines is 3. The van der Waals surface area contributed by atoms with Crippen molar-refractivity contribution in [3.05, 3.63) is 89.5 Å². The van der Waals surface area contributed by atoms with Crippen LogP contribution in [0, 0.1) is 0 Å². The minimum Gasteiger partial charge on any atom is -0.454 e. The molecule has 0 atom stereocenters. The van der Waals surface area contributed by atoms with Crippen molar-refractivity contribution in [1.82, 2.24) is 15.0 Å². The highest BCUT2D eigenvalue weighted by Crippen LogP contribution is 2.31. The van der Waals surface area contributed by atoms with E-state index in [1.165, 1.54) is 6.07 Å². The molecular weight excluding hydrogens is 588 g/mol. The van der Waals surface area contributed by atoms with E-state index in [4.69, 9.17) is 0 Å². The minimum atomic E-state index is -4.68. The van der Waals surface area contributed by atoms with Gasteiger partial charge in [0.25, 0.3) is 0 Å². The Bertz CT molecular complexity index is 1650. The lowest BCUT2D eigenvalue weighted by molar-refractivity contribution is -0.154. The summed E-state index contributed by atoms with van der Waals surface area (Å²) in [5.74, 6) is -0.615. The quantitative estimate of drug-likeness (QED) is 0.199. The molecule has 4 rings (SSSR count). The van der Waals surface area contributed by atoms with E-state index < -0.39 is 40.4 Å². The second-order valence-electron chi connectivity index (χ2n) is 9.19. The lowest BCUT2D eigenvalue weighted by Gasteiger charge is -2.13. The molecule has 2 N–H and O–H groups in total. The molecule has 3 aromatic carbocycles. The van der Waals surface area contributed by atoms with Gasteiger partial charge in [0.15, 0.2) is 16.4 Å². The van der Waals surface area contributed by atoms with Crippen LogP contribution in [0.4, 0.5) is 43.9 Å². The average Bonchev–Trinajstić information content (AvgIpc) is 2.89. The van der Waals surface area contributed by atoms with Crippen LogP contribution in [0.5, 0.6) is 6.01 Å². The molecule has 0 aliphatic rings. The third kappa shape index (κ3) is 9.33. The third-order valence-electron chi connectivity index (χ3n) is 5.52. The number of nitrogens with one attached hydrogen (secondary N) is 2. The highest BCUT2D eigenvalue weighted by molar-refractivity contribution is 7.89. The lowest BCUT2D eigenvalue weighted by Crippen LogP contribution is -2.21. The third-order valence-corrected chi connectivity index (χ3v) is 6.38. The number of benzene rings is 3. The van der Waals surface area contributed by atoms with Gasteiger partial charge in [-0.25, -0.2) is 8.42 Å². The van der Waals surface area contributed by atoms with E-state index in [9.17, 15) is 34.8 Å². The number of alkyl halides is 6. The van der Waals surface area contributed by atoms with E-state index in [0.29, 0.717) is 5.56 Å². The fourth-order valence-corrected chi connectivity index (χ4v) is 4.53. The fraction of sp³-hybridized carbons (Fsp3) is 0.222. The van der Waals surface area contributed by atoms with Crippen LogP contribution >= 0.6 is 0 Å². The van der Waals surface area contributed by atoms with Gasteiger partial charge in [-0.15, -0.1) is 0 Å². The number of hydrogen-bond acceptors (Lipinski definition) is 8. The second kappa shape index (κ2) is 12.2. The first-order valence-electron chi connectivity index (χ1n) is 12.1. The SMILES string of the molecule is CS(=O)(=O)Cc1cccc(-c2ccc(CNc3nc(Nc4cccc(C(F)(F)F)c4)nc(OCC(F)(F)F)n3)cc2)c1. The largest absolute Gasteiger partial charge is 0.454 e. The first kappa shape index (κ1) is 30.6. The van der Waals surface area contributed by atoms with Crippen LogP contribution in [0.3, 0.4) is 0 Å². The van der Waals surface area contributed by atoms with Crippen LogP contribution in [0.1, 0.15) is 16.7 Å². The van der Waals surface area contributed by atoms with Gasteiger partial charge in [0.2, 0.25) is 11.9 Å². The molecule has 1 heterocycles. The van der Waals surface area contributed by atoms with Gasteiger partial charge in [-0.05, 0) is 40.5 Å². The molecular formula is C27H23F6N5O3S. The number of hydrogen-bond donors (Lipinski definition) is 2. The number of aromatic nitrogens is 3. The molecule has 0 radical (unpaired) electrons. The molecule has 0 saturated carbocycles. The van der Waals surface area contributed by atoms with E-state index in [2.05, 4.69) is 30.3 Å². The van der Waals surface area contributed by atoms with Crippen molar-refractivity contribution < 1.29 is 39.5 Å². The molecule has 0 bridgehead atoms. The molecule has 0 aliphatic carbocycles. The smallest absolute Gasteiger partial charge is 0.422 e. The summed E-state index contributed by atoms with van der Waals surface area (Å²) in [5.41, 5.74) is 2.01.